The molecule has 1 saturated heterocycles. The van der Waals surface area contributed by atoms with E-state index >= 15 is 0 Å². The molecule has 1 aliphatic heterocycles. The van der Waals surface area contributed by atoms with Crippen LogP contribution < -0.4 is 0 Å². The van der Waals surface area contributed by atoms with Gasteiger partial charge < -0.3 is 15.1 Å². The highest BCUT2D eigenvalue weighted by atomic mass is 79.9. The fraction of sp³-hybridized carbons (Fsp3) is 0.714. The molecule has 0 unspecified atom stereocenters. The van der Waals surface area contributed by atoms with Gasteiger partial charge in [-0.3, -0.25) is 4.79 Å². The first-order chi connectivity index (χ1) is 6.06. The lowest BCUT2D eigenvalue weighted by Gasteiger charge is -2.19. The van der Waals surface area contributed by atoms with E-state index in [0.29, 0.717) is 0 Å². The summed E-state index contributed by atoms with van der Waals surface area (Å²) in [6.45, 7) is 0.113. The van der Waals surface area contributed by atoms with Crippen molar-refractivity contribution in [2.75, 3.05) is 11.9 Å². The summed E-state index contributed by atoms with van der Waals surface area (Å²) in [7, 11) is 0. The SMILES string of the molecule is O=C(O)[C@H]1C[C@@H](O)CN1C(=O)CBr. The Morgan fingerprint density at radius 2 is 2.15 bits per heavy atom. The molecular formula is C7H10BrNO4. The van der Waals surface area contributed by atoms with Crippen LogP contribution in [0.1, 0.15) is 6.42 Å². The van der Waals surface area contributed by atoms with Gasteiger partial charge in [-0.1, -0.05) is 15.9 Å². The number of carbonyl (C=O) groups is 2. The van der Waals surface area contributed by atoms with Crippen molar-refractivity contribution < 1.29 is 19.8 Å². The Bertz CT molecular complexity index is 233. The van der Waals surface area contributed by atoms with E-state index in [1.807, 2.05) is 0 Å². The summed E-state index contributed by atoms with van der Waals surface area (Å²) >= 11 is 2.96. The second kappa shape index (κ2) is 4.06. The minimum atomic E-state index is -1.06. The van der Waals surface area contributed by atoms with Gasteiger partial charge in [-0.25, -0.2) is 4.79 Å². The third kappa shape index (κ3) is 2.19. The molecule has 6 heteroatoms. The average molecular weight is 252 g/mol. The molecule has 1 amide bonds. The Morgan fingerprint density at radius 3 is 2.62 bits per heavy atom. The van der Waals surface area contributed by atoms with Gasteiger partial charge in [0, 0.05) is 13.0 Å². The van der Waals surface area contributed by atoms with Crippen molar-refractivity contribution in [1.82, 2.24) is 4.90 Å². The number of hydrogen-bond acceptors (Lipinski definition) is 3. The molecule has 1 rings (SSSR count). The van der Waals surface area contributed by atoms with Gasteiger partial charge in [0.05, 0.1) is 11.4 Å². The predicted octanol–water partition coefficient (Wildman–Crippen LogP) is -0.572. The van der Waals surface area contributed by atoms with Crippen LogP contribution in [0, 0.1) is 0 Å². The number of aliphatic carboxylic acids is 1. The number of rotatable bonds is 2. The zero-order valence-corrected chi connectivity index (χ0v) is 8.40. The minimum Gasteiger partial charge on any atom is -0.480 e. The van der Waals surface area contributed by atoms with E-state index in [0.717, 1.165) is 0 Å². The zero-order valence-electron chi connectivity index (χ0n) is 6.81. The molecule has 0 bridgehead atoms. The number of alkyl halides is 1. The molecule has 0 saturated carbocycles. The number of halogens is 1. The molecule has 1 aliphatic rings. The van der Waals surface area contributed by atoms with Crippen molar-refractivity contribution in [2.45, 2.75) is 18.6 Å². The lowest BCUT2D eigenvalue weighted by atomic mass is 10.2. The van der Waals surface area contributed by atoms with Gasteiger partial charge in [-0.05, 0) is 0 Å². The fourth-order valence-corrected chi connectivity index (χ4v) is 1.72. The third-order valence-corrected chi connectivity index (χ3v) is 2.48. The van der Waals surface area contributed by atoms with Crippen molar-refractivity contribution in [1.29, 1.82) is 0 Å². The lowest BCUT2D eigenvalue weighted by Crippen LogP contribution is -2.41. The van der Waals surface area contributed by atoms with Crippen LogP contribution in [0.15, 0.2) is 0 Å². The Morgan fingerprint density at radius 1 is 1.54 bits per heavy atom. The van der Waals surface area contributed by atoms with Gasteiger partial charge in [0.25, 0.3) is 0 Å². The van der Waals surface area contributed by atoms with E-state index in [-0.39, 0.29) is 24.2 Å². The average Bonchev–Trinajstić information content (AvgIpc) is 2.46. The van der Waals surface area contributed by atoms with Crippen molar-refractivity contribution in [3.05, 3.63) is 0 Å². The smallest absolute Gasteiger partial charge is 0.326 e. The van der Waals surface area contributed by atoms with E-state index in [2.05, 4.69) is 15.9 Å². The summed E-state index contributed by atoms with van der Waals surface area (Å²) < 4.78 is 0. The molecule has 13 heavy (non-hydrogen) atoms. The summed E-state index contributed by atoms with van der Waals surface area (Å²) in [6.07, 6.45) is -0.599. The van der Waals surface area contributed by atoms with Gasteiger partial charge in [0.15, 0.2) is 0 Å². The summed E-state index contributed by atoms with van der Waals surface area (Å²) in [4.78, 5) is 23.0. The predicted molar refractivity (Wildman–Crippen MR) is 47.6 cm³/mol. The number of nitrogens with zero attached hydrogens (tertiary/aromatic N) is 1. The zero-order chi connectivity index (χ0) is 10.0. The van der Waals surface area contributed by atoms with E-state index < -0.39 is 18.1 Å². The molecular weight excluding hydrogens is 242 g/mol. The number of aliphatic hydroxyl groups excluding tert-OH is 1. The molecule has 0 aromatic rings. The lowest BCUT2D eigenvalue weighted by molar-refractivity contribution is -0.147. The molecule has 2 N–H and O–H groups in total. The minimum absolute atomic E-state index is 0.0868. The van der Waals surface area contributed by atoms with Gasteiger partial charge in [0.2, 0.25) is 5.91 Å². The maximum atomic E-state index is 11.2. The summed E-state index contributed by atoms with van der Waals surface area (Å²) in [5, 5.41) is 18.0. The van der Waals surface area contributed by atoms with E-state index in [1.165, 1.54) is 4.90 Å². The Labute approximate surface area is 83.5 Å². The Balaban J connectivity index is 2.71. The normalized spacial score (nSPS) is 27.7. The first-order valence-electron chi connectivity index (χ1n) is 3.82. The van der Waals surface area contributed by atoms with E-state index in [9.17, 15) is 14.7 Å². The second-order valence-electron chi connectivity index (χ2n) is 2.92. The van der Waals surface area contributed by atoms with E-state index in [4.69, 9.17) is 5.11 Å². The molecule has 0 spiro atoms. The maximum Gasteiger partial charge on any atom is 0.326 e. The molecule has 0 radical (unpaired) electrons. The molecule has 74 valence electrons. The molecule has 1 heterocycles. The van der Waals surface area contributed by atoms with Crippen LogP contribution in [0.2, 0.25) is 0 Å². The highest BCUT2D eigenvalue weighted by Crippen LogP contribution is 2.18. The standard InChI is InChI=1S/C7H10BrNO4/c8-2-6(11)9-3-4(10)1-5(9)7(12)13/h4-5,10H,1-3H2,(H,12,13)/t4-,5-/m1/s1. The first-order valence-corrected chi connectivity index (χ1v) is 4.94. The third-order valence-electron chi connectivity index (χ3n) is 2.00. The second-order valence-corrected chi connectivity index (χ2v) is 3.48. The number of carbonyl (C=O) groups excluding carboxylic acids is 1. The maximum absolute atomic E-state index is 11.2. The van der Waals surface area contributed by atoms with Crippen LogP contribution in [-0.4, -0.2) is 51.0 Å². The molecule has 0 aliphatic carbocycles. The van der Waals surface area contributed by atoms with Gasteiger partial charge in [0.1, 0.15) is 6.04 Å². The molecule has 1 fully saturated rings. The van der Waals surface area contributed by atoms with Crippen LogP contribution in [-0.2, 0) is 9.59 Å². The van der Waals surface area contributed by atoms with Crippen LogP contribution in [0.3, 0.4) is 0 Å². The highest BCUT2D eigenvalue weighted by molar-refractivity contribution is 9.09. The largest absolute Gasteiger partial charge is 0.480 e. The van der Waals surface area contributed by atoms with E-state index in [1.54, 1.807) is 0 Å². The number of carboxylic acids is 1. The number of likely N-dealkylation sites (tertiary alicyclic amines) is 1. The Kier molecular flexibility index (Phi) is 3.27. The van der Waals surface area contributed by atoms with Crippen molar-refractivity contribution >= 4 is 27.8 Å². The molecule has 0 aromatic heterocycles. The monoisotopic (exact) mass is 251 g/mol. The topological polar surface area (TPSA) is 77.8 Å². The molecule has 5 nitrogen and oxygen atoms in total. The summed E-state index contributed by atoms with van der Waals surface area (Å²) in [5.41, 5.74) is 0. The summed E-state index contributed by atoms with van der Waals surface area (Å²) in [6, 6.07) is -0.875. The van der Waals surface area contributed by atoms with Crippen LogP contribution in [0.5, 0.6) is 0 Å². The quantitative estimate of drug-likeness (QED) is 0.645. The van der Waals surface area contributed by atoms with Crippen molar-refractivity contribution in [3.8, 4) is 0 Å². The van der Waals surface area contributed by atoms with Gasteiger partial charge in [-0.15, -0.1) is 0 Å². The van der Waals surface area contributed by atoms with Crippen molar-refractivity contribution in [2.24, 2.45) is 0 Å². The number of amides is 1. The number of carboxylic acid groups (broad SMARTS) is 1. The number of β-amino-alcohol motifs (C(OH)–C–C–N with tert-alkyl or cyclic N) is 1. The fourth-order valence-electron chi connectivity index (χ4n) is 1.40. The van der Waals surface area contributed by atoms with Crippen LogP contribution >= 0.6 is 15.9 Å². The van der Waals surface area contributed by atoms with Crippen LogP contribution in [0.4, 0.5) is 0 Å². The number of aliphatic hydroxyl groups is 1. The Hall–Kier alpha value is -0.620. The van der Waals surface area contributed by atoms with Gasteiger partial charge in [-0.2, -0.15) is 0 Å². The first kappa shape index (κ1) is 10.5. The van der Waals surface area contributed by atoms with Crippen LogP contribution in [0.25, 0.3) is 0 Å². The summed E-state index contributed by atoms with van der Waals surface area (Å²) in [5.74, 6) is -1.37. The van der Waals surface area contributed by atoms with Crippen molar-refractivity contribution in [3.63, 3.8) is 0 Å². The molecule has 2 atom stereocenters. The van der Waals surface area contributed by atoms with Gasteiger partial charge >= 0.3 is 5.97 Å². The highest BCUT2D eigenvalue weighted by Gasteiger charge is 2.38. The number of hydrogen-bond donors (Lipinski definition) is 2. The molecule has 0 aromatic carbocycles.